The Morgan fingerprint density at radius 1 is 1.05 bits per heavy atom. The van der Waals surface area contributed by atoms with Crippen molar-refractivity contribution in [2.75, 3.05) is 0 Å². The van der Waals surface area contributed by atoms with Gasteiger partial charge in [0.25, 0.3) is 0 Å². The van der Waals surface area contributed by atoms with Gasteiger partial charge in [-0.2, -0.15) is 0 Å². The van der Waals surface area contributed by atoms with Crippen molar-refractivity contribution >= 4 is 5.97 Å². The minimum absolute atomic E-state index is 0.418. The normalized spacial score (nSPS) is 11.7. The van der Waals surface area contributed by atoms with Gasteiger partial charge >= 0.3 is 5.97 Å². The average molecular weight is 286 g/mol. The zero-order valence-electron chi connectivity index (χ0n) is 11.9. The molecule has 0 saturated heterocycles. The molecule has 1 unspecified atom stereocenters. The van der Waals surface area contributed by atoms with Crippen molar-refractivity contribution in [1.82, 2.24) is 0 Å². The van der Waals surface area contributed by atoms with Gasteiger partial charge in [0, 0.05) is 0 Å². The summed E-state index contributed by atoms with van der Waals surface area (Å²) in [5.41, 5.74) is 1.09. The van der Waals surface area contributed by atoms with Crippen molar-refractivity contribution in [2.24, 2.45) is 0 Å². The molecular weight excluding hydrogens is 268 g/mol. The molecule has 1 N–H and O–H groups in total. The predicted molar refractivity (Wildman–Crippen MR) is 79.6 cm³/mol. The first-order valence-corrected chi connectivity index (χ1v) is 6.85. The molecule has 0 amide bonds. The molecule has 2 aromatic rings. The van der Waals surface area contributed by atoms with Gasteiger partial charge in [-0.15, -0.1) is 0 Å². The van der Waals surface area contributed by atoms with Crippen molar-refractivity contribution in [3.8, 4) is 11.5 Å². The minimum Gasteiger partial charge on any atom is -0.489 e. The van der Waals surface area contributed by atoms with E-state index in [1.807, 2.05) is 30.3 Å². The van der Waals surface area contributed by atoms with Gasteiger partial charge in [-0.1, -0.05) is 37.3 Å². The molecule has 0 aromatic heterocycles. The largest absolute Gasteiger partial charge is 0.489 e. The highest BCUT2D eigenvalue weighted by atomic mass is 16.5. The fraction of sp³-hybridized carbons (Fsp3) is 0.235. The Bertz CT molecular complexity index is 563. The van der Waals surface area contributed by atoms with Crippen LogP contribution in [0.4, 0.5) is 0 Å². The molecule has 0 saturated carbocycles. The third-order valence-electron chi connectivity index (χ3n) is 3.00. The topological polar surface area (TPSA) is 55.8 Å². The molecule has 0 aliphatic rings. The molecule has 2 rings (SSSR count). The monoisotopic (exact) mass is 286 g/mol. The van der Waals surface area contributed by atoms with Crippen molar-refractivity contribution in [3.63, 3.8) is 0 Å². The molecule has 21 heavy (non-hydrogen) atoms. The Kier molecular flexibility index (Phi) is 5.21. The summed E-state index contributed by atoms with van der Waals surface area (Å²) in [5.74, 6) is 0.285. The Morgan fingerprint density at radius 3 is 2.24 bits per heavy atom. The number of hydrogen-bond donors (Lipinski definition) is 1. The van der Waals surface area contributed by atoms with Crippen molar-refractivity contribution in [1.29, 1.82) is 0 Å². The molecule has 0 heterocycles. The highest BCUT2D eigenvalue weighted by Crippen LogP contribution is 2.20. The first-order valence-electron chi connectivity index (χ1n) is 6.85. The number of hydrogen-bond acceptors (Lipinski definition) is 3. The van der Waals surface area contributed by atoms with Crippen LogP contribution >= 0.6 is 0 Å². The number of carboxylic acids is 1. The quantitative estimate of drug-likeness (QED) is 0.846. The van der Waals surface area contributed by atoms with Crippen LogP contribution in [0, 0.1) is 0 Å². The van der Waals surface area contributed by atoms with E-state index in [2.05, 4.69) is 0 Å². The van der Waals surface area contributed by atoms with Gasteiger partial charge in [0.15, 0.2) is 6.10 Å². The molecule has 110 valence electrons. The zero-order chi connectivity index (χ0) is 15.1. The molecule has 0 aliphatic heterocycles. The minimum atomic E-state index is -0.957. The van der Waals surface area contributed by atoms with Crippen LogP contribution in [0.2, 0.25) is 0 Å². The van der Waals surface area contributed by atoms with E-state index in [4.69, 9.17) is 14.6 Å². The lowest BCUT2D eigenvalue weighted by atomic mass is 10.2. The number of carbonyl (C=O) groups is 1. The van der Waals surface area contributed by atoms with E-state index in [-0.39, 0.29) is 0 Å². The Labute approximate surface area is 123 Å². The molecule has 0 spiro atoms. The predicted octanol–water partition coefficient (Wildman–Crippen LogP) is 3.51. The second-order valence-electron chi connectivity index (χ2n) is 4.60. The molecule has 4 nitrogen and oxygen atoms in total. The second-order valence-corrected chi connectivity index (χ2v) is 4.60. The van der Waals surface area contributed by atoms with Crippen LogP contribution in [0.15, 0.2) is 54.6 Å². The third-order valence-corrected chi connectivity index (χ3v) is 3.00. The molecule has 0 bridgehead atoms. The Morgan fingerprint density at radius 2 is 1.67 bits per heavy atom. The summed E-state index contributed by atoms with van der Waals surface area (Å²) in [6.45, 7) is 2.27. The number of ether oxygens (including phenoxy) is 2. The molecule has 0 fully saturated rings. The van der Waals surface area contributed by atoms with Gasteiger partial charge in [-0.25, -0.2) is 4.79 Å². The van der Waals surface area contributed by atoms with E-state index >= 15 is 0 Å². The van der Waals surface area contributed by atoms with Crippen LogP contribution in [0.5, 0.6) is 11.5 Å². The maximum absolute atomic E-state index is 10.9. The zero-order valence-corrected chi connectivity index (χ0v) is 11.9. The van der Waals surface area contributed by atoms with Crippen molar-refractivity contribution in [3.05, 3.63) is 60.2 Å². The highest BCUT2D eigenvalue weighted by Gasteiger charge is 2.16. The standard InChI is InChI=1S/C17H18O4/c1-2-16(17(18)19)21-15-10-8-14(9-11-15)20-12-13-6-4-3-5-7-13/h3-11,16H,2,12H2,1H3,(H,18,19). The fourth-order valence-electron chi connectivity index (χ4n) is 1.83. The molecule has 0 aliphatic carbocycles. The first-order chi connectivity index (χ1) is 10.2. The molecule has 1 atom stereocenters. The van der Waals surface area contributed by atoms with E-state index in [0.29, 0.717) is 18.8 Å². The van der Waals surface area contributed by atoms with Crippen LogP contribution in [-0.4, -0.2) is 17.2 Å². The second kappa shape index (κ2) is 7.33. The smallest absolute Gasteiger partial charge is 0.344 e. The molecule has 4 heteroatoms. The maximum Gasteiger partial charge on any atom is 0.344 e. The summed E-state index contributed by atoms with van der Waals surface area (Å²) in [4.78, 5) is 10.9. The Balaban J connectivity index is 1.91. The summed E-state index contributed by atoms with van der Waals surface area (Å²) in [6.07, 6.45) is -0.400. The lowest BCUT2D eigenvalue weighted by molar-refractivity contribution is -0.145. The summed E-state index contributed by atoms with van der Waals surface area (Å²) in [6, 6.07) is 16.9. The summed E-state index contributed by atoms with van der Waals surface area (Å²) < 4.78 is 11.0. The first kappa shape index (κ1) is 14.9. The summed E-state index contributed by atoms with van der Waals surface area (Å²) in [5, 5.41) is 8.95. The van der Waals surface area contributed by atoms with Crippen LogP contribution in [0.1, 0.15) is 18.9 Å². The molecular formula is C17H18O4. The lowest BCUT2D eigenvalue weighted by Crippen LogP contribution is -2.25. The number of rotatable bonds is 7. The van der Waals surface area contributed by atoms with Gasteiger partial charge in [-0.05, 0) is 36.2 Å². The van der Waals surface area contributed by atoms with Crippen LogP contribution in [-0.2, 0) is 11.4 Å². The molecule has 0 radical (unpaired) electrons. The van der Waals surface area contributed by atoms with E-state index in [1.54, 1.807) is 31.2 Å². The van der Waals surface area contributed by atoms with Gasteiger partial charge < -0.3 is 14.6 Å². The maximum atomic E-state index is 10.9. The number of aliphatic carboxylic acids is 1. The van der Waals surface area contributed by atoms with Crippen LogP contribution < -0.4 is 9.47 Å². The van der Waals surface area contributed by atoms with Gasteiger partial charge in [0.1, 0.15) is 18.1 Å². The number of benzene rings is 2. The van der Waals surface area contributed by atoms with Crippen LogP contribution in [0.25, 0.3) is 0 Å². The fourth-order valence-corrected chi connectivity index (χ4v) is 1.83. The SMILES string of the molecule is CCC(Oc1ccc(OCc2ccccc2)cc1)C(=O)O. The average Bonchev–Trinajstić information content (AvgIpc) is 2.52. The van der Waals surface area contributed by atoms with Crippen molar-refractivity contribution in [2.45, 2.75) is 26.1 Å². The van der Waals surface area contributed by atoms with E-state index in [1.165, 1.54) is 0 Å². The van der Waals surface area contributed by atoms with E-state index in [9.17, 15) is 4.79 Å². The third kappa shape index (κ3) is 4.53. The molecule has 2 aromatic carbocycles. The lowest BCUT2D eigenvalue weighted by Gasteiger charge is -2.13. The highest BCUT2D eigenvalue weighted by molar-refractivity contribution is 5.72. The van der Waals surface area contributed by atoms with E-state index in [0.717, 1.165) is 11.3 Å². The van der Waals surface area contributed by atoms with Gasteiger partial charge in [-0.3, -0.25) is 0 Å². The number of carboxylic acid groups (broad SMARTS) is 1. The van der Waals surface area contributed by atoms with E-state index < -0.39 is 12.1 Å². The summed E-state index contributed by atoms with van der Waals surface area (Å²) in [7, 11) is 0. The van der Waals surface area contributed by atoms with Crippen LogP contribution in [0.3, 0.4) is 0 Å². The van der Waals surface area contributed by atoms with Crippen molar-refractivity contribution < 1.29 is 19.4 Å². The Hall–Kier alpha value is -2.49. The van der Waals surface area contributed by atoms with Gasteiger partial charge in [0.2, 0.25) is 0 Å². The van der Waals surface area contributed by atoms with Gasteiger partial charge in [0.05, 0.1) is 0 Å². The summed E-state index contributed by atoms with van der Waals surface area (Å²) >= 11 is 0.